The minimum atomic E-state index is 0.189. The summed E-state index contributed by atoms with van der Waals surface area (Å²) >= 11 is 0. The fraction of sp³-hybridized carbons (Fsp3) is 0.676. The summed E-state index contributed by atoms with van der Waals surface area (Å²) in [5, 5.41) is 3.49. The van der Waals surface area contributed by atoms with Crippen LogP contribution in [0.4, 0.5) is 0 Å². The largest absolute Gasteiger partial charge is 0.388 e. The molecule has 0 saturated carbocycles. The maximum Gasteiger partial charge on any atom is 0.254 e. The van der Waals surface area contributed by atoms with Crippen LogP contribution in [-0.2, 0) is 6.54 Å². The van der Waals surface area contributed by atoms with Crippen molar-refractivity contribution in [2.24, 2.45) is 5.41 Å². The van der Waals surface area contributed by atoms with Crippen LogP contribution in [0, 0.1) is 19.3 Å². The second-order valence-corrected chi connectivity index (χ2v) is 13.1. The summed E-state index contributed by atoms with van der Waals surface area (Å²) in [6.45, 7) is 30.3. The molecular weight excluding hydrogens is 494 g/mol. The van der Waals surface area contributed by atoms with E-state index in [1.165, 1.54) is 29.7 Å². The van der Waals surface area contributed by atoms with Crippen molar-refractivity contribution in [2.45, 2.75) is 80.7 Å². The highest BCUT2D eigenvalue weighted by Crippen LogP contribution is 2.23. The monoisotopic (exact) mass is 551 g/mol. The van der Waals surface area contributed by atoms with Crippen LogP contribution in [0.3, 0.4) is 0 Å². The molecule has 6 nitrogen and oxygen atoms in total. The number of nitrogens with zero attached hydrogens (tertiary/aromatic N) is 4. The SMILES string of the molecule is C=C(CC(C)(C)C)NCCN1CCN(C(=O)c2cc(CN3CCN(/C(=C/CC)CCC)CC3)c(C)cc2C)CC1. The highest BCUT2D eigenvalue weighted by Gasteiger charge is 2.25. The van der Waals surface area contributed by atoms with Crippen LogP contribution in [0.5, 0.6) is 0 Å². The summed E-state index contributed by atoms with van der Waals surface area (Å²) in [7, 11) is 0. The lowest BCUT2D eigenvalue weighted by Gasteiger charge is -2.38. The Bertz CT molecular complexity index is 1010. The van der Waals surface area contributed by atoms with Crippen molar-refractivity contribution >= 4 is 5.91 Å². The van der Waals surface area contributed by atoms with Crippen LogP contribution >= 0.6 is 0 Å². The van der Waals surface area contributed by atoms with E-state index in [4.69, 9.17) is 0 Å². The average molecular weight is 552 g/mol. The van der Waals surface area contributed by atoms with Crippen LogP contribution in [0.25, 0.3) is 0 Å². The lowest BCUT2D eigenvalue weighted by molar-refractivity contribution is 0.0638. The minimum absolute atomic E-state index is 0.189. The molecule has 0 atom stereocenters. The van der Waals surface area contributed by atoms with E-state index in [1.54, 1.807) is 0 Å². The van der Waals surface area contributed by atoms with Gasteiger partial charge in [-0.25, -0.2) is 0 Å². The molecular formula is C34H57N5O. The molecule has 0 radical (unpaired) electrons. The van der Waals surface area contributed by atoms with Crippen molar-refractivity contribution in [3.63, 3.8) is 0 Å². The number of benzene rings is 1. The fourth-order valence-electron chi connectivity index (χ4n) is 6.05. The van der Waals surface area contributed by atoms with E-state index in [-0.39, 0.29) is 11.3 Å². The summed E-state index contributed by atoms with van der Waals surface area (Å²) in [4.78, 5) is 23.3. The number of nitrogens with one attached hydrogen (secondary N) is 1. The number of hydrogen-bond donors (Lipinski definition) is 1. The molecule has 0 spiro atoms. The number of rotatable bonds is 12. The van der Waals surface area contributed by atoms with Crippen molar-refractivity contribution in [3.05, 3.63) is 58.4 Å². The maximum absolute atomic E-state index is 13.6. The molecule has 2 heterocycles. The fourth-order valence-corrected chi connectivity index (χ4v) is 6.05. The molecule has 1 N–H and O–H groups in total. The first-order chi connectivity index (χ1) is 19.0. The van der Waals surface area contributed by atoms with Gasteiger partial charge in [-0.2, -0.15) is 0 Å². The van der Waals surface area contributed by atoms with Crippen LogP contribution in [0.1, 0.15) is 87.4 Å². The van der Waals surface area contributed by atoms with E-state index in [0.717, 1.165) is 102 Å². The number of hydrogen-bond acceptors (Lipinski definition) is 5. The lowest BCUT2D eigenvalue weighted by Crippen LogP contribution is -2.50. The maximum atomic E-state index is 13.6. The predicted molar refractivity (Wildman–Crippen MR) is 170 cm³/mol. The van der Waals surface area contributed by atoms with E-state index < -0.39 is 0 Å². The van der Waals surface area contributed by atoms with E-state index in [9.17, 15) is 4.79 Å². The van der Waals surface area contributed by atoms with Gasteiger partial charge in [0.15, 0.2) is 0 Å². The number of carbonyl (C=O) groups is 1. The Morgan fingerprint density at radius 3 is 2.15 bits per heavy atom. The van der Waals surface area contributed by atoms with Gasteiger partial charge in [0.25, 0.3) is 5.91 Å². The molecule has 0 unspecified atom stereocenters. The van der Waals surface area contributed by atoms with Crippen molar-refractivity contribution in [1.82, 2.24) is 24.9 Å². The molecule has 1 aromatic carbocycles. The molecule has 2 aliphatic rings. The second-order valence-electron chi connectivity index (χ2n) is 13.1. The Labute approximate surface area is 245 Å². The van der Waals surface area contributed by atoms with E-state index >= 15 is 0 Å². The van der Waals surface area contributed by atoms with E-state index in [1.807, 2.05) is 0 Å². The molecule has 0 bridgehead atoms. The van der Waals surface area contributed by atoms with Gasteiger partial charge in [0.2, 0.25) is 0 Å². The van der Waals surface area contributed by atoms with Gasteiger partial charge in [0.1, 0.15) is 0 Å². The zero-order valence-corrected chi connectivity index (χ0v) is 26.7. The summed E-state index contributed by atoms with van der Waals surface area (Å²) < 4.78 is 0. The Morgan fingerprint density at radius 2 is 1.55 bits per heavy atom. The molecule has 0 aliphatic carbocycles. The number of carbonyl (C=O) groups excluding carboxylic acids is 1. The third-order valence-corrected chi connectivity index (χ3v) is 8.24. The van der Waals surface area contributed by atoms with E-state index in [2.05, 4.69) is 98.2 Å². The topological polar surface area (TPSA) is 42.1 Å². The van der Waals surface area contributed by atoms with Gasteiger partial charge in [-0.05, 0) is 61.3 Å². The second kappa shape index (κ2) is 15.1. The predicted octanol–water partition coefficient (Wildman–Crippen LogP) is 5.81. The van der Waals surface area contributed by atoms with Crippen LogP contribution in [0.15, 0.2) is 36.2 Å². The third kappa shape index (κ3) is 9.66. The molecule has 6 heteroatoms. The summed E-state index contributed by atoms with van der Waals surface area (Å²) in [6.07, 6.45) is 6.87. The van der Waals surface area contributed by atoms with Crippen LogP contribution in [0.2, 0.25) is 0 Å². The zero-order chi connectivity index (χ0) is 29.3. The summed E-state index contributed by atoms with van der Waals surface area (Å²) in [6, 6.07) is 4.41. The van der Waals surface area contributed by atoms with Crippen molar-refractivity contribution in [1.29, 1.82) is 0 Å². The molecule has 2 saturated heterocycles. The molecule has 224 valence electrons. The number of allylic oxidation sites excluding steroid dienone is 3. The molecule has 40 heavy (non-hydrogen) atoms. The Kier molecular flexibility index (Phi) is 12.1. The average Bonchev–Trinajstić information content (AvgIpc) is 2.89. The summed E-state index contributed by atoms with van der Waals surface area (Å²) in [5.41, 5.74) is 7.44. The lowest BCUT2D eigenvalue weighted by atomic mass is 9.91. The molecule has 1 aromatic rings. The van der Waals surface area contributed by atoms with Crippen LogP contribution < -0.4 is 5.32 Å². The standard InChI is InChI=1S/C34H57N5O/c1-9-11-31(12-10-2)38-19-17-37(18-20-38)26-30-24-32(28(4)23-27(30)3)33(40)39-21-15-36(16-22-39)14-13-35-29(5)25-34(6,7)8/h11,23-24,35H,5,9-10,12-22,25-26H2,1-4,6-8H3/b31-11+. The number of aryl methyl sites for hydroxylation is 2. The normalized spacial score (nSPS) is 17.8. The quantitative estimate of drug-likeness (QED) is 0.355. The van der Waals surface area contributed by atoms with Gasteiger partial charge in [-0.15, -0.1) is 0 Å². The highest BCUT2D eigenvalue weighted by molar-refractivity contribution is 5.96. The van der Waals surface area contributed by atoms with Crippen molar-refractivity contribution in [3.8, 4) is 0 Å². The molecule has 2 fully saturated rings. The molecule has 2 aliphatic heterocycles. The van der Waals surface area contributed by atoms with Gasteiger partial charge >= 0.3 is 0 Å². The van der Waals surface area contributed by atoms with Crippen molar-refractivity contribution in [2.75, 3.05) is 65.4 Å². The van der Waals surface area contributed by atoms with Gasteiger partial charge in [-0.3, -0.25) is 14.6 Å². The van der Waals surface area contributed by atoms with E-state index in [0.29, 0.717) is 0 Å². The highest BCUT2D eigenvalue weighted by atomic mass is 16.2. The molecule has 3 rings (SSSR count). The first-order valence-corrected chi connectivity index (χ1v) is 15.7. The number of piperazine rings is 2. The first kappa shape index (κ1) is 32.2. The van der Waals surface area contributed by atoms with Crippen molar-refractivity contribution < 1.29 is 4.79 Å². The Hall–Kier alpha value is -2.31. The summed E-state index contributed by atoms with van der Waals surface area (Å²) in [5.74, 6) is 0.189. The van der Waals surface area contributed by atoms with Gasteiger partial charge in [0.05, 0.1) is 0 Å². The van der Waals surface area contributed by atoms with Gasteiger partial charge in [0, 0.05) is 88.9 Å². The Balaban J connectivity index is 1.51. The van der Waals surface area contributed by atoms with Gasteiger partial charge < -0.3 is 15.1 Å². The van der Waals surface area contributed by atoms with Crippen LogP contribution in [-0.4, -0.2) is 91.0 Å². The third-order valence-electron chi connectivity index (χ3n) is 8.24. The molecule has 0 aromatic heterocycles. The minimum Gasteiger partial charge on any atom is -0.388 e. The van der Waals surface area contributed by atoms with Gasteiger partial charge in [-0.1, -0.05) is 59.8 Å². The smallest absolute Gasteiger partial charge is 0.254 e. The number of amides is 1. The Morgan fingerprint density at radius 1 is 0.925 bits per heavy atom. The first-order valence-electron chi connectivity index (χ1n) is 15.7. The molecule has 1 amide bonds. The zero-order valence-electron chi connectivity index (χ0n) is 26.7.